The Labute approximate surface area is 192 Å². The van der Waals surface area contributed by atoms with Gasteiger partial charge in [-0.25, -0.2) is 13.2 Å². The molecule has 3 aromatic rings. The van der Waals surface area contributed by atoms with E-state index in [0.29, 0.717) is 17.3 Å². The van der Waals surface area contributed by atoms with Crippen molar-refractivity contribution in [3.05, 3.63) is 94.0 Å². The maximum Gasteiger partial charge on any atom is 0.319 e. The number of carbonyl (C=O) groups is 1. The van der Waals surface area contributed by atoms with E-state index in [9.17, 15) is 13.2 Å². The maximum atomic E-state index is 12.9. The van der Waals surface area contributed by atoms with Crippen LogP contribution in [0.25, 0.3) is 0 Å². The van der Waals surface area contributed by atoms with E-state index >= 15 is 0 Å². The van der Waals surface area contributed by atoms with E-state index in [1.54, 1.807) is 24.3 Å². The molecule has 0 saturated heterocycles. The lowest BCUT2D eigenvalue weighted by atomic mass is 9.99. The van der Waals surface area contributed by atoms with E-state index in [4.69, 9.17) is 11.6 Å². The van der Waals surface area contributed by atoms with Crippen LogP contribution in [0.15, 0.2) is 71.6 Å². The van der Waals surface area contributed by atoms with Crippen molar-refractivity contribution in [1.82, 2.24) is 10.6 Å². The minimum atomic E-state index is -3.49. The van der Waals surface area contributed by atoms with Gasteiger partial charge < -0.3 is 16.0 Å². The first-order chi connectivity index (χ1) is 15.4. The Hall–Kier alpha value is -2.87. The van der Waals surface area contributed by atoms with Crippen LogP contribution in [0.3, 0.4) is 0 Å². The van der Waals surface area contributed by atoms with Gasteiger partial charge in [-0.15, -0.1) is 0 Å². The molecule has 0 spiro atoms. The van der Waals surface area contributed by atoms with Gasteiger partial charge in [-0.2, -0.15) is 0 Å². The molecule has 1 heterocycles. The van der Waals surface area contributed by atoms with Crippen molar-refractivity contribution in [3.8, 4) is 0 Å². The van der Waals surface area contributed by atoms with Crippen molar-refractivity contribution in [2.45, 2.75) is 30.2 Å². The lowest BCUT2D eigenvalue weighted by Crippen LogP contribution is -2.28. The summed E-state index contributed by atoms with van der Waals surface area (Å²) in [6.45, 7) is 2.06. The highest BCUT2D eigenvalue weighted by Crippen LogP contribution is 2.22. The smallest absolute Gasteiger partial charge is 0.319 e. The van der Waals surface area contributed by atoms with Crippen molar-refractivity contribution < 1.29 is 13.2 Å². The molecular formula is C24H24ClN3O3S. The number of anilines is 1. The molecule has 2 amide bonds. The lowest BCUT2D eigenvalue weighted by Gasteiger charge is -2.18. The van der Waals surface area contributed by atoms with Crippen LogP contribution in [0.1, 0.15) is 22.3 Å². The highest BCUT2D eigenvalue weighted by Gasteiger charge is 2.17. The van der Waals surface area contributed by atoms with Crippen molar-refractivity contribution in [2.75, 3.05) is 11.9 Å². The fourth-order valence-electron chi connectivity index (χ4n) is 3.67. The molecule has 8 heteroatoms. The fourth-order valence-corrected chi connectivity index (χ4v) is 5.22. The van der Waals surface area contributed by atoms with Gasteiger partial charge in [0.05, 0.1) is 10.6 Å². The molecule has 3 N–H and O–H groups in total. The summed E-state index contributed by atoms with van der Waals surface area (Å²) in [4.78, 5) is 12.4. The normalized spacial score (nSPS) is 13.3. The summed E-state index contributed by atoms with van der Waals surface area (Å²) < 4.78 is 25.7. The highest BCUT2D eigenvalue weighted by atomic mass is 35.5. The number of rotatable bonds is 6. The second-order valence-electron chi connectivity index (χ2n) is 7.75. The standard InChI is InChI=1S/C24H24ClN3O3S/c25-21-3-1-2-17(13-21)14-27-24(29)28-22-6-8-23(9-7-22)32(30,31)16-18-4-5-20-15-26-11-10-19(20)12-18/h1-9,12-13,26H,10-11,14-16H2,(H2,27,28,29). The first kappa shape index (κ1) is 22.3. The summed E-state index contributed by atoms with van der Waals surface area (Å²) in [7, 11) is -3.49. The van der Waals surface area contributed by atoms with Gasteiger partial charge in [0.25, 0.3) is 0 Å². The molecular weight excluding hydrogens is 446 g/mol. The van der Waals surface area contributed by atoms with Gasteiger partial charge >= 0.3 is 6.03 Å². The van der Waals surface area contributed by atoms with E-state index in [1.165, 1.54) is 23.3 Å². The SMILES string of the molecule is O=C(NCc1cccc(Cl)c1)Nc1ccc(S(=O)(=O)Cc2ccc3c(c2)CCNC3)cc1. The average molecular weight is 470 g/mol. The Bertz CT molecular complexity index is 1230. The molecule has 1 aliphatic rings. The van der Waals surface area contributed by atoms with Crippen LogP contribution in [0.4, 0.5) is 10.5 Å². The topological polar surface area (TPSA) is 87.3 Å². The predicted molar refractivity (Wildman–Crippen MR) is 126 cm³/mol. The number of halogens is 1. The summed E-state index contributed by atoms with van der Waals surface area (Å²) in [5.41, 5.74) is 4.61. The Kier molecular flexibility index (Phi) is 6.79. The molecule has 0 aromatic heterocycles. The van der Waals surface area contributed by atoms with Crippen molar-refractivity contribution in [3.63, 3.8) is 0 Å². The van der Waals surface area contributed by atoms with Gasteiger partial charge in [0.15, 0.2) is 9.84 Å². The second-order valence-corrected chi connectivity index (χ2v) is 10.2. The van der Waals surface area contributed by atoms with Crippen LogP contribution in [0.5, 0.6) is 0 Å². The van der Waals surface area contributed by atoms with E-state index in [-0.39, 0.29) is 16.7 Å². The third-order valence-electron chi connectivity index (χ3n) is 5.33. The van der Waals surface area contributed by atoms with E-state index in [0.717, 1.165) is 30.6 Å². The number of sulfone groups is 1. The van der Waals surface area contributed by atoms with Crippen LogP contribution >= 0.6 is 11.6 Å². The molecule has 0 saturated carbocycles. The Morgan fingerprint density at radius 3 is 2.56 bits per heavy atom. The quantitative estimate of drug-likeness (QED) is 0.502. The van der Waals surface area contributed by atoms with Crippen LogP contribution in [0.2, 0.25) is 5.02 Å². The van der Waals surface area contributed by atoms with Crippen molar-refractivity contribution in [2.24, 2.45) is 0 Å². The summed E-state index contributed by atoms with van der Waals surface area (Å²) in [6.07, 6.45) is 0.906. The number of hydrogen-bond donors (Lipinski definition) is 3. The van der Waals surface area contributed by atoms with Gasteiger partial charge in [0, 0.05) is 23.8 Å². The number of benzene rings is 3. The van der Waals surface area contributed by atoms with Crippen molar-refractivity contribution >= 4 is 33.2 Å². The monoisotopic (exact) mass is 469 g/mol. The lowest BCUT2D eigenvalue weighted by molar-refractivity contribution is 0.251. The molecule has 0 unspecified atom stereocenters. The Morgan fingerprint density at radius 1 is 0.969 bits per heavy atom. The van der Waals surface area contributed by atoms with Crippen LogP contribution in [-0.2, 0) is 35.1 Å². The van der Waals surface area contributed by atoms with Gasteiger partial charge in [-0.1, -0.05) is 41.9 Å². The second kappa shape index (κ2) is 9.73. The zero-order chi connectivity index (χ0) is 22.6. The van der Waals surface area contributed by atoms with Crippen molar-refractivity contribution in [1.29, 1.82) is 0 Å². The van der Waals surface area contributed by atoms with E-state index in [1.807, 2.05) is 30.3 Å². The van der Waals surface area contributed by atoms with Gasteiger partial charge in [-0.05, 0) is 71.6 Å². The number of hydrogen-bond acceptors (Lipinski definition) is 4. The average Bonchev–Trinajstić information content (AvgIpc) is 2.78. The third kappa shape index (κ3) is 5.68. The third-order valence-corrected chi connectivity index (χ3v) is 7.27. The molecule has 166 valence electrons. The molecule has 3 aromatic carbocycles. The van der Waals surface area contributed by atoms with E-state index in [2.05, 4.69) is 16.0 Å². The van der Waals surface area contributed by atoms with Crippen LogP contribution < -0.4 is 16.0 Å². The molecule has 1 aliphatic heterocycles. The molecule has 6 nitrogen and oxygen atoms in total. The number of amides is 2. The summed E-state index contributed by atoms with van der Waals surface area (Å²) in [6, 6.07) is 18.9. The molecule has 0 radical (unpaired) electrons. The molecule has 4 rings (SSSR count). The number of carbonyl (C=O) groups excluding carboxylic acids is 1. The summed E-state index contributed by atoms with van der Waals surface area (Å²) in [5, 5.41) is 9.37. The summed E-state index contributed by atoms with van der Waals surface area (Å²) >= 11 is 5.94. The zero-order valence-corrected chi connectivity index (χ0v) is 19.0. The zero-order valence-electron chi connectivity index (χ0n) is 17.4. The van der Waals surface area contributed by atoms with Crippen LogP contribution in [0, 0.1) is 0 Å². The first-order valence-electron chi connectivity index (χ1n) is 10.3. The Balaban J connectivity index is 1.36. The largest absolute Gasteiger partial charge is 0.334 e. The molecule has 0 fully saturated rings. The predicted octanol–water partition coefficient (Wildman–Crippen LogP) is 4.28. The Morgan fingerprint density at radius 2 is 1.78 bits per heavy atom. The minimum absolute atomic E-state index is 0.0550. The fraction of sp³-hybridized carbons (Fsp3) is 0.208. The van der Waals surface area contributed by atoms with E-state index < -0.39 is 9.84 Å². The molecule has 0 atom stereocenters. The van der Waals surface area contributed by atoms with Crippen LogP contribution in [-0.4, -0.2) is 21.0 Å². The number of fused-ring (bicyclic) bond motifs is 1. The maximum absolute atomic E-state index is 12.9. The van der Waals surface area contributed by atoms with Gasteiger partial charge in [0.2, 0.25) is 0 Å². The molecule has 0 bridgehead atoms. The molecule has 0 aliphatic carbocycles. The van der Waals surface area contributed by atoms with Gasteiger partial charge in [0.1, 0.15) is 0 Å². The highest BCUT2D eigenvalue weighted by molar-refractivity contribution is 7.90. The number of urea groups is 1. The molecule has 32 heavy (non-hydrogen) atoms. The first-order valence-corrected chi connectivity index (χ1v) is 12.4. The number of nitrogens with one attached hydrogen (secondary N) is 3. The minimum Gasteiger partial charge on any atom is -0.334 e. The van der Waals surface area contributed by atoms with Gasteiger partial charge in [-0.3, -0.25) is 0 Å². The summed E-state index contributed by atoms with van der Waals surface area (Å²) in [5.74, 6) is -0.0550.